The van der Waals surface area contributed by atoms with Gasteiger partial charge in [-0.1, -0.05) is 29.5 Å². The first-order chi connectivity index (χ1) is 9.79. The summed E-state index contributed by atoms with van der Waals surface area (Å²) < 4.78 is 8.36. The summed E-state index contributed by atoms with van der Waals surface area (Å²) in [7, 11) is 1.67. The highest BCUT2D eigenvalue weighted by molar-refractivity contribution is 7.83. The molecule has 0 aliphatic rings. The van der Waals surface area contributed by atoms with Crippen molar-refractivity contribution in [1.82, 2.24) is 0 Å². The smallest absolute Gasteiger partial charge is 0.242 e. The van der Waals surface area contributed by atoms with Crippen LogP contribution in [0.15, 0.2) is 64.3 Å². The van der Waals surface area contributed by atoms with Crippen molar-refractivity contribution in [2.75, 3.05) is 7.11 Å². The van der Waals surface area contributed by atoms with Gasteiger partial charge in [-0.05, 0) is 24.3 Å². The van der Waals surface area contributed by atoms with Crippen LogP contribution in [0.5, 0.6) is 5.75 Å². The van der Waals surface area contributed by atoms with E-state index in [0.717, 1.165) is 26.9 Å². The van der Waals surface area contributed by atoms with Crippen molar-refractivity contribution in [2.45, 2.75) is 4.21 Å². The Hall–Kier alpha value is -1.78. The van der Waals surface area contributed by atoms with Gasteiger partial charge in [0.1, 0.15) is 9.96 Å². The largest absolute Gasteiger partial charge is 0.497 e. The summed E-state index contributed by atoms with van der Waals surface area (Å²) in [6, 6.07) is 18.3. The summed E-state index contributed by atoms with van der Waals surface area (Å²) in [6.45, 7) is 0. The molecule has 100 valence electrons. The standard InChI is InChI=1S/C16H13NOS2/c1-18-14-9-7-13(8-10-14)17-11-20-16(19)15(17)12-5-3-2-4-6-12/h2-11H,1H3/p+1. The zero-order valence-corrected chi connectivity index (χ0v) is 12.7. The average Bonchev–Trinajstić information content (AvgIpc) is 2.90. The predicted octanol–water partition coefficient (Wildman–Crippen LogP) is 3.99. The maximum Gasteiger partial charge on any atom is 0.242 e. The third kappa shape index (κ3) is 2.44. The van der Waals surface area contributed by atoms with Gasteiger partial charge in [0.25, 0.3) is 0 Å². The first-order valence-corrected chi connectivity index (χ1v) is 7.54. The molecule has 0 spiro atoms. The Kier molecular flexibility index (Phi) is 3.76. The van der Waals surface area contributed by atoms with Crippen LogP contribution in [-0.4, -0.2) is 7.11 Å². The molecule has 0 unspecified atom stereocenters. The summed E-state index contributed by atoms with van der Waals surface area (Å²) in [5, 5.41) is 0. The third-order valence-electron chi connectivity index (χ3n) is 3.11. The molecule has 3 aromatic rings. The van der Waals surface area contributed by atoms with Crippen molar-refractivity contribution in [1.29, 1.82) is 0 Å². The van der Waals surface area contributed by atoms with E-state index >= 15 is 0 Å². The van der Waals surface area contributed by atoms with Crippen molar-refractivity contribution in [2.24, 2.45) is 0 Å². The Morgan fingerprint density at radius 2 is 1.70 bits per heavy atom. The molecule has 0 atom stereocenters. The number of hydrogen-bond acceptors (Lipinski definition) is 3. The quantitative estimate of drug-likeness (QED) is 0.570. The fraction of sp³-hybridized carbons (Fsp3) is 0.0625. The number of nitrogens with zero attached hydrogens (tertiary/aromatic N) is 1. The van der Waals surface area contributed by atoms with E-state index in [4.69, 9.17) is 4.74 Å². The van der Waals surface area contributed by atoms with Crippen molar-refractivity contribution in [3.05, 3.63) is 60.1 Å². The highest BCUT2D eigenvalue weighted by atomic mass is 32.2. The predicted molar refractivity (Wildman–Crippen MR) is 85.1 cm³/mol. The Labute approximate surface area is 127 Å². The SMILES string of the molecule is COc1ccc(-[n+]2csc(S)c2-c2ccccc2)cc1. The van der Waals surface area contributed by atoms with Crippen LogP contribution in [0.2, 0.25) is 0 Å². The van der Waals surface area contributed by atoms with Gasteiger partial charge in [-0.15, -0.1) is 17.2 Å². The molecule has 4 heteroatoms. The molecule has 1 aromatic heterocycles. The lowest BCUT2D eigenvalue weighted by Gasteiger charge is -2.01. The fourth-order valence-corrected chi connectivity index (χ4v) is 3.24. The Balaban J connectivity index is 2.11. The second kappa shape index (κ2) is 5.69. The molecule has 0 fully saturated rings. The van der Waals surface area contributed by atoms with Gasteiger partial charge in [0.2, 0.25) is 16.9 Å². The summed E-state index contributed by atoms with van der Waals surface area (Å²) in [5.41, 5.74) is 5.45. The van der Waals surface area contributed by atoms with Crippen LogP contribution in [0.4, 0.5) is 0 Å². The van der Waals surface area contributed by atoms with Gasteiger partial charge in [0.15, 0.2) is 0 Å². The number of thiazole rings is 1. The number of aromatic nitrogens is 1. The minimum absolute atomic E-state index is 0.858. The zero-order valence-electron chi connectivity index (χ0n) is 11.0. The van der Waals surface area contributed by atoms with E-state index in [1.165, 1.54) is 0 Å². The number of hydrogen-bond donors (Lipinski definition) is 1. The van der Waals surface area contributed by atoms with E-state index < -0.39 is 0 Å². The normalized spacial score (nSPS) is 10.5. The molecule has 1 heterocycles. The maximum absolute atomic E-state index is 5.20. The molecular formula is C16H14NOS2+. The van der Waals surface area contributed by atoms with E-state index in [9.17, 15) is 0 Å². The number of methoxy groups -OCH3 is 1. The van der Waals surface area contributed by atoms with Crippen molar-refractivity contribution in [3.63, 3.8) is 0 Å². The minimum atomic E-state index is 0.858. The Bertz CT molecular complexity index is 705. The van der Waals surface area contributed by atoms with E-state index in [0.29, 0.717) is 0 Å². The Morgan fingerprint density at radius 3 is 2.35 bits per heavy atom. The lowest BCUT2D eigenvalue weighted by atomic mass is 10.1. The minimum Gasteiger partial charge on any atom is -0.497 e. The van der Waals surface area contributed by atoms with Gasteiger partial charge in [-0.25, -0.2) is 0 Å². The summed E-state index contributed by atoms with van der Waals surface area (Å²) in [6.07, 6.45) is 0. The molecule has 0 radical (unpaired) electrons. The molecule has 0 amide bonds. The van der Waals surface area contributed by atoms with Crippen molar-refractivity contribution in [3.8, 4) is 22.7 Å². The molecule has 0 N–H and O–H groups in total. The molecule has 0 aliphatic heterocycles. The van der Waals surface area contributed by atoms with Crippen LogP contribution in [0.3, 0.4) is 0 Å². The molecular weight excluding hydrogens is 286 g/mol. The van der Waals surface area contributed by atoms with Crippen LogP contribution in [0.25, 0.3) is 16.9 Å². The van der Waals surface area contributed by atoms with Gasteiger partial charge in [-0.3, -0.25) is 0 Å². The van der Waals surface area contributed by atoms with Crippen LogP contribution >= 0.6 is 24.0 Å². The Morgan fingerprint density at radius 1 is 1.00 bits per heavy atom. The van der Waals surface area contributed by atoms with Gasteiger partial charge >= 0.3 is 0 Å². The van der Waals surface area contributed by atoms with Crippen LogP contribution in [0, 0.1) is 0 Å². The second-order valence-electron chi connectivity index (χ2n) is 4.31. The highest BCUT2D eigenvalue weighted by Gasteiger charge is 2.21. The van der Waals surface area contributed by atoms with Gasteiger partial charge in [0.05, 0.1) is 7.11 Å². The molecule has 20 heavy (non-hydrogen) atoms. The highest BCUT2D eigenvalue weighted by Crippen LogP contribution is 2.28. The van der Waals surface area contributed by atoms with Crippen molar-refractivity contribution >= 4 is 24.0 Å². The second-order valence-corrected chi connectivity index (χ2v) is 5.92. The third-order valence-corrected chi connectivity index (χ3v) is 4.37. The van der Waals surface area contributed by atoms with Gasteiger partial charge < -0.3 is 4.74 Å². The number of ether oxygens (including phenoxy) is 1. The molecule has 2 nitrogen and oxygen atoms in total. The molecule has 0 aliphatic carbocycles. The lowest BCUT2D eigenvalue weighted by Crippen LogP contribution is -2.30. The van der Waals surface area contributed by atoms with Crippen molar-refractivity contribution < 1.29 is 9.30 Å². The number of benzene rings is 2. The summed E-state index contributed by atoms with van der Waals surface area (Å²) >= 11 is 6.22. The molecule has 2 aromatic carbocycles. The summed E-state index contributed by atoms with van der Waals surface area (Å²) in [4.78, 5) is 0. The van der Waals surface area contributed by atoms with Gasteiger partial charge in [-0.2, -0.15) is 0 Å². The number of rotatable bonds is 3. The average molecular weight is 300 g/mol. The summed E-state index contributed by atoms with van der Waals surface area (Å²) in [5.74, 6) is 0.858. The molecule has 0 saturated carbocycles. The first-order valence-electron chi connectivity index (χ1n) is 6.21. The lowest BCUT2D eigenvalue weighted by molar-refractivity contribution is -0.579. The van der Waals surface area contributed by atoms with E-state index in [-0.39, 0.29) is 0 Å². The molecule has 0 bridgehead atoms. The molecule has 3 rings (SSSR count). The maximum atomic E-state index is 5.20. The van der Waals surface area contributed by atoms with Crippen LogP contribution < -0.4 is 9.30 Å². The fourth-order valence-electron chi connectivity index (χ4n) is 2.11. The topological polar surface area (TPSA) is 13.1 Å². The molecule has 0 saturated heterocycles. The van der Waals surface area contributed by atoms with E-state index in [1.807, 2.05) is 42.5 Å². The van der Waals surface area contributed by atoms with Crippen LogP contribution in [0.1, 0.15) is 0 Å². The first kappa shape index (κ1) is 13.2. The zero-order chi connectivity index (χ0) is 13.9. The van der Waals surface area contributed by atoms with E-state index in [2.05, 4.69) is 34.8 Å². The van der Waals surface area contributed by atoms with Crippen LogP contribution in [-0.2, 0) is 0 Å². The number of thiol groups is 1. The monoisotopic (exact) mass is 300 g/mol. The van der Waals surface area contributed by atoms with Gasteiger partial charge in [0, 0.05) is 17.7 Å². The van der Waals surface area contributed by atoms with E-state index in [1.54, 1.807) is 18.4 Å².